The van der Waals surface area contributed by atoms with Crippen LogP contribution in [0.5, 0.6) is 0 Å². The van der Waals surface area contributed by atoms with Crippen LogP contribution in [0.2, 0.25) is 0 Å². The molecule has 1 atom stereocenters. The molecule has 1 saturated heterocycles. The number of nitrogens with zero attached hydrogens (tertiary/aromatic N) is 1. The number of rotatable bonds is 2. The van der Waals surface area contributed by atoms with Crippen molar-refractivity contribution in [2.75, 3.05) is 6.61 Å². The Morgan fingerprint density at radius 3 is 2.79 bits per heavy atom. The number of cyclic esters (lactones) is 1. The Kier molecular flexibility index (Phi) is 2.58. The maximum absolute atomic E-state index is 11.1. The van der Waals surface area contributed by atoms with Crippen molar-refractivity contribution in [1.82, 2.24) is 0 Å². The average Bonchev–Trinajstić information content (AvgIpc) is 2.63. The van der Waals surface area contributed by atoms with Gasteiger partial charge in [0.1, 0.15) is 0 Å². The van der Waals surface area contributed by atoms with Crippen molar-refractivity contribution < 1.29 is 9.53 Å². The van der Waals surface area contributed by atoms with Gasteiger partial charge in [-0.1, -0.05) is 30.3 Å². The van der Waals surface area contributed by atoms with Gasteiger partial charge < -0.3 is 4.74 Å². The van der Waals surface area contributed by atoms with E-state index in [1.807, 2.05) is 30.3 Å². The van der Waals surface area contributed by atoms with Crippen LogP contribution in [0.25, 0.3) is 0 Å². The second kappa shape index (κ2) is 4.05. The fraction of sp³-hybridized carbons (Fsp3) is 0.273. The molecule has 2 rings (SSSR count). The number of carbonyl (C=O) groups is 1. The lowest BCUT2D eigenvalue weighted by molar-refractivity contribution is -0.138. The van der Waals surface area contributed by atoms with E-state index in [9.17, 15) is 4.79 Å². The molecule has 3 nitrogen and oxygen atoms in total. The predicted molar refractivity (Wildman–Crippen MR) is 53.4 cm³/mol. The van der Waals surface area contributed by atoms with Crippen LogP contribution in [0, 0.1) is 0 Å². The van der Waals surface area contributed by atoms with E-state index in [4.69, 9.17) is 4.74 Å². The summed E-state index contributed by atoms with van der Waals surface area (Å²) in [6.07, 6.45) is 2.42. The van der Waals surface area contributed by atoms with Crippen molar-refractivity contribution in [1.29, 1.82) is 0 Å². The molecule has 0 bridgehead atoms. The SMILES string of the molecule is O=C1OCC[C@@H]1N=Cc1ccccc1. The zero-order valence-corrected chi connectivity index (χ0v) is 7.72. The van der Waals surface area contributed by atoms with Crippen molar-refractivity contribution in [2.24, 2.45) is 4.99 Å². The van der Waals surface area contributed by atoms with E-state index in [1.165, 1.54) is 0 Å². The maximum atomic E-state index is 11.1. The molecule has 1 fully saturated rings. The molecule has 0 aliphatic carbocycles. The molecule has 72 valence electrons. The number of hydrogen-bond donors (Lipinski definition) is 0. The summed E-state index contributed by atoms with van der Waals surface area (Å²) in [5.41, 5.74) is 1.01. The van der Waals surface area contributed by atoms with Crippen LogP contribution >= 0.6 is 0 Å². The molecule has 0 aromatic heterocycles. The fourth-order valence-corrected chi connectivity index (χ4v) is 1.34. The average molecular weight is 189 g/mol. The highest BCUT2D eigenvalue weighted by atomic mass is 16.5. The van der Waals surface area contributed by atoms with E-state index in [0.29, 0.717) is 13.0 Å². The van der Waals surface area contributed by atoms with Crippen LogP contribution in [-0.4, -0.2) is 24.8 Å². The van der Waals surface area contributed by atoms with Gasteiger partial charge in [0.05, 0.1) is 6.61 Å². The topological polar surface area (TPSA) is 38.7 Å². The zero-order valence-electron chi connectivity index (χ0n) is 7.72. The van der Waals surface area contributed by atoms with Crippen molar-refractivity contribution in [3.8, 4) is 0 Å². The maximum Gasteiger partial charge on any atom is 0.330 e. The molecule has 0 saturated carbocycles. The van der Waals surface area contributed by atoms with E-state index in [0.717, 1.165) is 5.56 Å². The van der Waals surface area contributed by atoms with Crippen LogP contribution < -0.4 is 0 Å². The predicted octanol–water partition coefficient (Wildman–Crippen LogP) is 1.42. The molecule has 14 heavy (non-hydrogen) atoms. The van der Waals surface area contributed by atoms with E-state index in [2.05, 4.69) is 4.99 Å². The Hall–Kier alpha value is -1.64. The number of aliphatic imine (C=N–C) groups is 1. The lowest BCUT2D eigenvalue weighted by Gasteiger charge is -1.96. The first-order chi connectivity index (χ1) is 6.86. The molecule has 1 aliphatic heterocycles. The van der Waals surface area contributed by atoms with E-state index < -0.39 is 0 Å². The largest absolute Gasteiger partial charge is 0.464 e. The first-order valence-electron chi connectivity index (χ1n) is 4.61. The third-order valence-electron chi connectivity index (χ3n) is 2.11. The van der Waals surface area contributed by atoms with Crippen LogP contribution in [0.15, 0.2) is 35.3 Å². The van der Waals surface area contributed by atoms with Gasteiger partial charge in [-0.25, -0.2) is 4.79 Å². The first-order valence-corrected chi connectivity index (χ1v) is 4.61. The quantitative estimate of drug-likeness (QED) is 0.521. The summed E-state index contributed by atoms with van der Waals surface area (Å²) in [5, 5.41) is 0. The summed E-state index contributed by atoms with van der Waals surface area (Å²) in [7, 11) is 0. The Morgan fingerprint density at radius 1 is 1.36 bits per heavy atom. The number of carbonyl (C=O) groups excluding carboxylic acids is 1. The van der Waals surface area contributed by atoms with Gasteiger partial charge in [0.25, 0.3) is 0 Å². The molecule has 0 spiro atoms. The molecule has 1 aliphatic rings. The Balaban J connectivity index is 2.03. The standard InChI is InChI=1S/C11H11NO2/c13-11-10(6-7-14-11)12-8-9-4-2-1-3-5-9/h1-5,8,10H,6-7H2/t10-/m0/s1. The molecule has 1 aromatic rings. The summed E-state index contributed by atoms with van der Waals surface area (Å²) < 4.78 is 4.80. The van der Waals surface area contributed by atoms with Crippen molar-refractivity contribution in [3.05, 3.63) is 35.9 Å². The monoisotopic (exact) mass is 189 g/mol. The van der Waals surface area contributed by atoms with Crippen LogP contribution in [0.1, 0.15) is 12.0 Å². The van der Waals surface area contributed by atoms with Crippen molar-refractivity contribution in [2.45, 2.75) is 12.5 Å². The second-order valence-electron chi connectivity index (χ2n) is 3.16. The zero-order chi connectivity index (χ0) is 9.80. The molecular formula is C11H11NO2. The number of hydrogen-bond acceptors (Lipinski definition) is 3. The minimum Gasteiger partial charge on any atom is -0.464 e. The molecule has 0 amide bonds. The molecule has 0 unspecified atom stereocenters. The van der Waals surface area contributed by atoms with Gasteiger partial charge in [-0.05, 0) is 5.56 Å². The van der Waals surface area contributed by atoms with E-state index in [1.54, 1.807) is 6.21 Å². The fourth-order valence-electron chi connectivity index (χ4n) is 1.34. The highest BCUT2D eigenvalue weighted by molar-refractivity contribution is 5.84. The summed E-state index contributed by atoms with van der Waals surface area (Å²) >= 11 is 0. The molecule has 1 aromatic carbocycles. The van der Waals surface area contributed by atoms with Gasteiger partial charge in [0.15, 0.2) is 6.04 Å². The smallest absolute Gasteiger partial charge is 0.330 e. The van der Waals surface area contributed by atoms with Gasteiger partial charge in [-0.15, -0.1) is 0 Å². The van der Waals surface area contributed by atoms with Crippen molar-refractivity contribution >= 4 is 12.2 Å². The van der Waals surface area contributed by atoms with Gasteiger partial charge in [-0.3, -0.25) is 4.99 Å². The van der Waals surface area contributed by atoms with Crippen LogP contribution in [0.3, 0.4) is 0 Å². The normalized spacial score (nSPS) is 21.4. The van der Waals surface area contributed by atoms with Gasteiger partial charge in [0.2, 0.25) is 0 Å². The third kappa shape index (κ3) is 1.99. The van der Waals surface area contributed by atoms with E-state index >= 15 is 0 Å². The highest BCUT2D eigenvalue weighted by Crippen LogP contribution is 2.09. The summed E-state index contributed by atoms with van der Waals surface area (Å²) in [4.78, 5) is 15.2. The Labute approximate surface area is 82.4 Å². The minimum absolute atomic E-state index is 0.211. The molecule has 0 N–H and O–H groups in total. The van der Waals surface area contributed by atoms with Crippen LogP contribution in [0.4, 0.5) is 0 Å². The van der Waals surface area contributed by atoms with Gasteiger partial charge >= 0.3 is 5.97 Å². The lowest BCUT2D eigenvalue weighted by Crippen LogP contribution is -2.11. The first kappa shape index (κ1) is 8.94. The highest BCUT2D eigenvalue weighted by Gasteiger charge is 2.24. The van der Waals surface area contributed by atoms with Crippen molar-refractivity contribution in [3.63, 3.8) is 0 Å². The molecular weight excluding hydrogens is 178 g/mol. The van der Waals surface area contributed by atoms with Crippen LogP contribution in [-0.2, 0) is 9.53 Å². The third-order valence-corrected chi connectivity index (χ3v) is 2.11. The molecule has 3 heteroatoms. The number of benzene rings is 1. The number of ether oxygens (including phenoxy) is 1. The Morgan fingerprint density at radius 2 is 2.14 bits per heavy atom. The van der Waals surface area contributed by atoms with Gasteiger partial charge in [-0.2, -0.15) is 0 Å². The minimum atomic E-state index is -0.296. The molecule has 1 heterocycles. The summed E-state index contributed by atoms with van der Waals surface area (Å²) in [6.45, 7) is 0.496. The van der Waals surface area contributed by atoms with Gasteiger partial charge in [0, 0.05) is 12.6 Å². The second-order valence-corrected chi connectivity index (χ2v) is 3.16. The number of esters is 1. The Bertz CT molecular complexity index is 346. The van der Waals surface area contributed by atoms with E-state index in [-0.39, 0.29) is 12.0 Å². The summed E-state index contributed by atoms with van der Waals surface area (Å²) in [5.74, 6) is -0.211. The molecule has 0 radical (unpaired) electrons. The lowest BCUT2D eigenvalue weighted by atomic mass is 10.2. The summed E-state index contributed by atoms with van der Waals surface area (Å²) in [6, 6.07) is 9.42.